The summed E-state index contributed by atoms with van der Waals surface area (Å²) in [6.07, 6.45) is 2.57. The van der Waals surface area contributed by atoms with Crippen LogP contribution in [0, 0.1) is 0 Å². The van der Waals surface area contributed by atoms with Crippen LogP contribution >= 0.6 is 22.9 Å². The molecule has 1 heterocycles. The molecule has 1 fully saturated rings. The van der Waals surface area contributed by atoms with Crippen molar-refractivity contribution < 1.29 is 0 Å². The zero-order chi connectivity index (χ0) is 9.26. The number of nitrogens with two attached hydrogens (primary N) is 1. The van der Waals surface area contributed by atoms with Crippen LogP contribution in [0.1, 0.15) is 23.8 Å². The van der Waals surface area contributed by atoms with Gasteiger partial charge in [-0.15, -0.1) is 11.3 Å². The smallest absolute Gasteiger partial charge is 0.0541 e. The Morgan fingerprint density at radius 2 is 2.46 bits per heavy atom. The molecule has 0 spiro atoms. The van der Waals surface area contributed by atoms with Crippen molar-refractivity contribution in [1.82, 2.24) is 5.32 Å². The maximum atomic E-state index is 5.86. The monoisotopic (exact) mass is 216 g/mol. The van der Waals surface area contributed by atoms with Gasteiger partial charge >= 0.3 is 0 Å². The van der Waals surface area contributed by atoms with Gasteiger partial charge in [-0.05, 0) is 18.9 Å². The molecule has 1 unspecified atom stereocenters. The third-order valence-corrected chi connectivity index (χ3v) is 3.58. The number of rotatable bonds is 4. The molecule has 72 valence electrons. The number of thiophene rings is 1. The average molecular weight is 217 g/mol. The van der Waals surface area contributed by atoms with E-state index in [-0.39, 0.29) is 0 Å². The Hall–Kier alpha value is -0.0900. The molecular formula is C9H13ClN2S. The Kier molecular flexibility index (Phi) is 2.89. The van der Waals surface area contributed by atoms with E-state index in [4.69, 9.17) is 17.3 Å². The second-order valence-electron chi connectivity index (χ2n) is 3.40. The summed E-state index contributed by atoms with van der Waals surface area (Å²) < 4.78 is 0. The van der Waals surface area contributed by atoms with Gasteiger partial charge in [0.15, 0.2) is 0 Å². The molecule has 2 nitrogen and oxygen atoms in total. The van der Waals surface area contributed by atoms with Gasteiger partial charge in [-0.25, -0.2) is 0 Å². The Morgan fingerprint density at radius 1 is 1.69 bits per heavy atom. The summed E-state index contributed by atoms with van der Waals surface area (Å²) in [6.45, 7) is 0.646. The predicted octanol–water partition coefficient (Wildman–Crippen LogP) is 2.15. The van der Waals surface area contributed by atoms with Gasteiger partial charge in [-0.3, -0.25) is 0 Å². The predicted molar refractivity (Wildman–Crippen MR) is 57.3 cm³/mol. The summed E-state index contributed by atoms with van der Waals surface area (Å²) in [5, 5.41) is 6.27. The molecule has 0 bridgehead atoms. The largest absolute Gasteiger partial charge is 0.329 e. The lowest BCUT2D eigenvalue weighted by Gasteiger charge is -2.13. The Labute approximate surface area is 87.1 Å². The molecule has 0 aromatic carbocycles. The quantitative estimate of drug-likeness (QED) is 0.810. The van der Waals surface area contributed by atoms with E-state index in [0.717, 1.165) is 5.02 Å². The fourth-order valence-corrected chi connectivity index (χ4v) is 2.47. The van der Waals surface area contributed by atoms with Gasteiger partial charge in [0.25, 0.3) is 0 Å². The van der Waals surface area contributed by atoms with Gasteiger partial charge in [0.2, 0.25) is 0 Å². The summed E-state index contributed by atoms with van der Waals surface area (Å²) in [5.74, 6) is 0. The summed E-state index contributed by atoms with van der Waals surface area (Å²) >= 11 is 7.53. The van der Waals surface area contributed by atoms with E-state index in [1.807, 2.05) is 11.4 Å². The SMILES string of the molecule is NCC(NC1CC1)c1cc(Cl)cs1. The van der Waals surface area contributed by atoms with E-state index in [9.17, 15) is 0 Å². The van der Waals surface area contributed by atoms with Crippen molar-refractivity contribution in [3.05, 3.63) is 21.3 Å². The van der Waals surface area contributed by atoms with Crippen molar-refractivity contribution in [1.29, 1.82) is 0 Å². The van der Waals surface area contributed by atoms with Gasteiger partial charge in [0.1, 0.15) is 0 Å². The van der Waals surface area contributed by atoms with Crippen molar-refractivity contribution in [3.8, 4) is 0 Å². The molecule has 2 rings (SSSR count). The summed E-state index contributed by atoms with van der Waals surface area (Å²) in [6, 6.07) is 2.98. The third kappa shape index (κ3) is 2.44. The zero-order valence-electron chi connectivity index (χ0n) is 7.29. The van der Waals surface area contributed by atoms with Crippen LogP contribution in [0.3, 0.4) is 0 Å². The Morgan fingerprint density at radius 3 is 2.92 bits per heavy atom. The van der Waals surface area contributed by atoms with Gasteiger partial charge in [-0.1, -0.05) is 11.6 Å². The Balaban J connectivity index is 2.01. The van der Waals surface area contributed by atoms with Crippen molar-refractivity contribution in [2.75, 3.05) is 6.54 Å². The molecule has 0 saturated heterocycles. The molecule has 4 heteroatoms. The molecular weight excluding hydrogens is 204 g/mol. The van der Waals surface area contributed by atoms with Crippen LogP contribution in [0.4, 0.5) is 0 Å². The fourth-order valence-electron chi connectivity index (χ4n) is 1.31. The van der Waals surface area contributed by atoms with Crippen molar-refractivity contribution in [3.63, 3.8) is 0 Å². The zero-order valence-corrected chi connectivity index (χ0v) is 8.87. The fraction of sp³-hybridized carbons (Fsp3) is 0.556. The lowest BCUT2D eigenvalue weighted by atomic mass is 10.2. The number of nitrogens with one attached hydrogen (secondary N) is 1. The topological polar surface area (TPSA) is 38.0 Å². The van der Waals surface area contributed by atoms with Gasteiger partial charge < -0.3 is 11.1 Å². The van der Waals surface area contributed by atoms with E-state index in [1.54, 1.807) is 11.3 Å². The molecule has 1 aromatic rings. The van der Waals surface area contributed by atoms with Crippen molar-refractivity contribution >= 4 is 22.9 Å². The third-order valence-electron chi connectivity index (χ3n) is 2.18. The molecule has 0 aliphatic heterocycles. The Bertz CT molecular complexity index is 283. The molecule has 1 aromatic heterocycles. The summed E-state index contributed by atoms with van der Waals surface area (Å²) in [5.41, 5.74) is 5.69. The van der Waals surface area contributed by atoms with E-state index in [1.165, 1.54) is 17.7 Å². The number of halogens is 1. The highest BCUT2D eigenvalue weighted by Gasteiger charge is 2.25. The van der Waals surface area contributed by atoms with Crippen LogP contribution in [0.2, 0.25) is 5.02 Å². The molecule has 0 radical (unpaired) electrons. The second kappa shape index (κ2) is 3.96. The normalized spacial score (nSPS) is 18.9. The van der Waals surface area contributed by atoms with Gasteiger partial charge in [0.05, 0.1) is 11.1 Å². The molecule has 1 atom stereocenters. The standard InChI is InChI=1S/C9H13ClN2S/c10-6-3-9(13-5-6)8(4-11)12-7-1-2-7/h3,5,7-8,12H,1-2,4,11H2. The van der Waals surface area contributed by atoms with Gasteiger partial charge in [-0.2, -0.15) is 0 Å². The summed E-state index contributed by atoms with van der Waals surface area (Å²) in [7, 11) is 0. The van der Waals surface area contributed by atoms with E-state index in [0.29, 0.717) is 18.6 Å². The molecule has 1 aliphatic carbocycles. The molecule has 13 heavy (non-hydrogen) atoms. The highest BCUT2D eigenvalue weighted by atomic mass is 35.5. The minimum atomic E-state index is 0.296. The van der Waals surface area contributed by atoms with E-state index < -0.39 is 0 Å². The lowest BCUT2D eigenvalue weighted by Crippen LogP contribution is -2.29. The van der Waals surface area contributed by atoms with Crippen molar-refractivity contribution in [2.24, 2.45) is 5.73 Å². The first-order chi connectivity index (χ1) is 6.29. The molecule has 1 saturated carbocycles. The first kappa shape index (κ1) is 9.46. The maximum Gasteiger partial charge on any atom is 0.0541 e. The van der Waals surface area contributed by atoms with Crippen LogP contribution < -0.4 is 11.1 Å². The molecule has 3 N–H and O–H groups in total. The van der Waals surface area contributed by atoms with Gasteiger partial charge in [0, 0.05) is 22.8 Å². The van der Waals surface area contributed by atoms with E-state index >= 15 is 0 Å². The lowest BCUT2D eigenvalue weighted by molar-refractivity contribution is 0.546. The average Bonchev–Trinajstić information content (AvgIpc) is 2.84. The minimum absolute atomic E-state index is 0.296. The first-order valence-corrected chi connectivity index (χ1v) is 5.75. The minimum Gasteiger partial charge on any atom is -0.329 e. The highest BCUT2D eigenvalue weighted by Crippen LogP contribution is 2.28. The van der Waals surface area contributed by atoms with Crippen LogP contribution in [-0.4, -0.2) is 12.6 Å². The van der Waals surface area contributed by atoms with Crippen LogP contribution in [0.25, 0.3) is 0 Å². The van der Waals surface area contributed by atoms with Crippen LogP contribution in [-0.2, 0) is 0 Å². The second-order valence-corrected chi connectivity index (χ2v) is 4.78. The van der Waals surface area contributed by atoms with E-state index in [2.05, 4.69) is 5.32 Å². The highest BCUT2D eigenvalue weighted by molar-refractivity contribution is 7.10. The summed E-state index contributed by atoms with van der Waals surface area (Å²) in [4.78, 5) is 1.25. The molecule has 1 aliphatic rings. The number of hydrogen-bond acceptors (Lipinski definition) is 3. The maximum absolute atomic E-state index is 5.86. The molecule has 0 amide bonds. The van der Waals surface area contributed by atoms with Crippen LogP contribution in [0.5, 0.6) is 0 Å². The first-order valence-electron chi connectivity index (χ1n) is 4.49. The number of hydrogen-bond donors (Lipinski definition) is 2. The van der Waals surface area contributed by atoms with Crippen molar-refractivity contribution in [2.45, 2.75) is 24.9 Å². The van der Waals surface area contributed by atoms with Crippen LogP contribution in [0.15, 0.2) is 11.4 Å².